The SMILES string of the molecule is COCCCOc1cc2c(cc1OC)-c1[nH]c(=O)c(C(=O)O)c(F)c1C(C(C)C)C2. The number of aromatic amines is 1. The molecule has 1 atom stereocenters. The Hall–Kier alpha value is -2.87. The fourth-order valence-electron chi connectivity index (χ4n) is 3.91. The van der Waals surface area contributed by atoms with Crippen LogP contribution in [0.3, 0.4) is 0 Å². The fourth-order valence-corrected chi connectivity index (χ4v) is 3.91. The van der Waals surface area contributed by atoms with E-state index in [-0.39, 0.29) is 17.4 Å². The molecule has 7 nitrogen and oxygen atoms in total. The molecule has 30 heavy (non-hydrogen) atoms. The van der Waals surface area contributed by atoms with E-state index in [0.717, 1.165) is 5.56 Å². The van der Waals surface area contributed by atoms with E-state index in [9.17, 15) is 14.7 Å². The van der Waals surface area contributed by atoms with Gasteiger partial charge in [0.1, 0.15) is 5.82 Å². The summed E-state index contributed by atoms with van der Waals surface area (Å²) in [7, 11) is 3.12. The molecule has 162 valence electrons. The summed E-state index contributed by atoms with van der Waals surface area (Å²) in [5, 5.41) is 9.30. The topological polar surface area (TPSA) is 97.9 Å². The number of methoxy groups -OCH3 is 2. The zero-order valence-electron chi connectivity index (χ0n) is 17.5. The number of pyridine rings is 1. The van der Waals surface area contributed by atoms with Gasteiger partial charge in [0.25, 0.3) is 5.56 Å². The lowest BCUT2D eigenvalue weighted by Gasteiger charge is -2.31. The summed E-state index contributed by atoms with van der Waals surface area (Å²) in [5.41, 5.74) is 0.190. The molecule has 0 spiro atoms. The average molecular weight is 419 g/mol. The summed E-state index contributed by atoms with van der Waals surface area (Å²) < 4.78 is 31.5. The van der Waals surface area contributed by atoms with Crippen molar-refractivity contribution in [3.8, 4) is 22.8 Å². The third-order valence-corrected chi connectivity index (χ3v) is 5.43. The highest BCUT2D eigenvalue weighted by Gasteiger charge is 2.35. The number of fused-ring (bicyclic) bond motifs is 3. The van der Waals surface area contributed by atoms with Crippen LogP contribution in [0.25, 0.3) is 11.3 Å². The van der Waals surface area contributed by atoms with Gasteiger partial charge in [-0.3, -0.25) is 4.79 Å². The van der Waals surface area contributed by atoms with Gasteiger partial charge in [0.15, 0.2) is 17.1 Å². The van der Waals surface area contributed by atoms with Crippen LogP contribution in [0.5, 0.6) is 11.5 Å². The Morgan fingerprint density at radius 1 is 1.27 bits per heavy atom. The van der Waals surface area contributed by atoms with E-state index in [2.05, 4.69) is 4.98 Å². The Morgan fingerprint density at radius 3 is 2.60 bits per heavy atom. The first-order chi connectivity index (χ1) is 14.3. The van der Waals surface area contributed by atoms with Crippen LogP contribution in [0.4, 0.5) is 4.39 Å². The highest BCUT2D eigenvalue weighted by molar-refractivity contribution is 5.89. The van der Waals surface area contributed by atoms with Crippen molar-refractivity contribution in [1.29, 1.82) is 0 Å². The number of aromatic nitrogens is 1. The summed E-state index contributed by atoms with van der Waals surface area (Å²) in [6.45, 7) is 4.90. The highest BCUT2D eigenvalue weighted by Crippen LogP contribution is 2.46. The van der Waals surface area contributed by atoms with Crippen molar-refractivity contribution < 1.29 is 28.5 Å². The van der Waals surface area contributed by atoms with Crippen LogP contribution in [0.1, 0.15) is 47.7 Å². The molecule has 0 aliphatic heterocycles. The second-order valence-corrected chi connectivity index (χ2v) is 7.65. The van der Waals surface area contributed by atoms with E-state index in [1.165, 1.54) is 7.11 Å². The first kappa shape index (κ1) is 21.8. The van der Waals surface area contributed by atoms with E-state index >= 15 is 4.39 Å². The van der Waals surface area contributed by atoms with Crippen molar-refractivity contribution in [3.05, 3.63) is 45.0 Å². The van der Waals surface area contributed by atoms with Crippen molar-refractivity contribution >= 4 is 5.97 Å². The third-order valence-electron chi connectivity index (χ3n) is 5.43. The van der Waals surface area contributed by atoms with Gasteiger partial charge in [0.05, 0.1) is 19.4 Å². The third kappa shape index (κ3) is 3.92. The number of halogens is 1. The van der Waals surface area contributed by atoms with Crippen LogP contribution in [0.15, 0.2) is 16.9 Å². The Labute approximate surface area is 173 Å². The maximum Gasteiger partial charge on any atom is 0.344 e. The molecule has 0 bridgehead atoms. The summed E-state index contributed by atoms with van der Waals surface area (Å²) in [6.07, 6.45) is 1.20. The minimum atomic E-state index is -1.58. The lowest BCUT2D eigenvalue weighted by molar-refractivity contribution is 0.0689. The standard InChI is InChI=1S/C22H26FNO6/c1-11(2)13-8-12-9-16(30-7-5-6-28-3)15(29-4)10-14(12)20-17(13)19(23)18(22(26)27)21(25)24-20/h9-11,13H,5-8H2,1-4H3,(H,24,25)(H,26,27). The summed E-state index contributed by atoms with van der Waals surface area (Å²) in [6, 6.07) is 3.55. The molecule has 1 heterocycles. The normalized spacial score (nSPS) is 14.9. The Morgan fingerprint density at radius 2 is 2.00 bits per heavy atom. The molecule has 1 aromatic carbocycles. The monoisotopic (exact) mass is 419 g/mol. The fraction of sp³-hybridized carbons (Fsp3) is 0.455. The largest absolute Gasteiger partial charge is 0.493 e. The lowest BCUT2D eigenvalue weighted by atomic mass is 9.75. The van der Waals surface area contributed by atoms with E-state index in [1.54, 1.807) is 13.2 Å². The van der Waals surface area contributed by atoms with Crippen LogP contribution in [-0.4, -0.2) is 43.5 Å². The maximum absolute atomic E-state index is 15.2. The zero-order chi connectivity index (χ0) is 22.0. The molecule has 0 radical (unpaired) electrons. The number of carboxylic acid groups (broad SMARTS) is 1. The lowest BCUT2D eigenvalue weighted by Crippen LogP contribution is -2.28. The minimum Gasteiger partial charge on any atom is -0.493 e. The van der Waals surface area contributed by atoms with E-state index in [1.807, 2.05) is 19.9 Å². The molecule has 0 amide bonds. The number of rotatable bonds is 8. The number of ether oxygens (including phenoxy) is 3. The number of carboxylic acids is 1. The van der Waals surface area contributed by atoms with Gasteiger partial charge in [0, 0.05) is 31.3 Å². The van der Waals surface area contributed by atoms with E-state index < -0.39 is 22.9 Å². The van der Waals surface area contributed by atoms with Crippen LogP contribution >= 0.6 is 0 Å². The number of hydrogen-bond acceptors (Lipinski definition) is 5. The second-order valence-electron chi connectivity index (χ2n) is 7.65. The number of benzene rings is 1. The van der Waals surface area contributed by atoms with Gasteiger partial charge in [-0.15, -0.1) is 0 Å². The number of carbonyl (C=O) groups is 1. The van der Waals surface area contributed by atoms with Crippen molar-refractivity contribution in [2.75, 3.05) is 27.4 Å². The molecule has 8 heteroatoms. The molecule has 1 aliphatic rings. The van der Waals surface area contributed by atoms with Crippen LogP contribution < -0.4 is 15.0 Å². The van der Waals surface area contributed by atoms with Gasteiger partial charge in [-0.05, 0) is 36.0 Å². The minimum absolute atomic E-state index is 0.0205. The van der Waals surface area contributed by atoms with Crippen LogP contribution in [0, 0.1) is 11.7 Å². The molecule has 1 aliphatic carbocycles. The van der Waals surface area contributed by atoms with Gasteiger partial charge < -0.3 is 24.3 Å². The molecule has 3 rings (SSSR count). The quantitative estimate of drug-likeness (QED) is 0.635. The molecular weight excluding hydrogens is 393 g/mol. The van der Waals surface area contributed by atoms with Crippen molar-refractivity contribution in [1.82, 2.24) is 4.98 Å². The summed E-state index contributed by atoms with van der Waals surface area (Å²) in [5.74, 6) is -1.82. The smallest absolute Gasteiger partial charge is 0.344 e. The molecule has 2 N–H and O–H groups in total. The average Bonchev–Trinajstić information content (AvgIpc) is 2.69. The highest BCUT2D eigenvalue weighted by atomic mass is 19.1. The molecule has 0 saturated carbocycles. The van der Waals surface area contributed by atoms with Crippen molar-refractivity contribution in [2.24, 2.45) is 5.92 Å². The number of hydrogen-bond donors (Lipinski definition) is 2. The van der Waals surface area contributed by atoms with Crippen molar-refractivity contribution in [2.45, 2.75) is 32.6 Å². The first-order valence-corrected chi connectivity index (χ1v) is 9.82. The predicted octanol–water partition coefficient (Wildman–Crippen LogP) is 3.60. The van der Waals surface area contributed by atoms with E-state index in [0.29, 0.717) is 48.8 Å². The zero-order valence-corrected chi connectivity index (χ0v) is 17.5. The number of nitrogens with one attached hydrogen (secondary N) is 1. The molecule has 0 saturated heterocycles. The molecule has 1 unspecified atom stereocenters. The Balaban J connectivity index is 2.17. The van der Waals surface area contributed by atoms with Crippen LogP contribution in [0.2, 0.25) is 0 Å². The molecule has 0 fully saturated rings. The number of aromatic carboxylic acids is 1. The molecular formula is C22H26FNO6. The van der Waals surface area contributed by atoms with Crippen molar-refractivity contribution in [3.63, 3.8) is 0 Å². The summed E-state index contributed by atoms with van der Waals surface area (Å²) in [4.78, 5) is 26.4. The Bertz CT molecular complexity index is 1010. The van der Waals surface area contributed by atoms with Gasteiger partial charge in [-0.25, -0.2) is 9.18 Å². The molecule has 1 aromatic heterocycles. The maximum atomic E-state index is 15.2. The van der Waals surface area contributed by atoms with Gasteiger partial charge in [0.2, 0.25) is 0 Å². The van der Waals surface area contributed by atoms with Gasteiger partial charge >= 0.3 is 5.97 Å². The summed E-state index contributed by atoms with van der Waals surface area (Å²) >= 11 is 0. The molecule has 2 aromatic rings. The second kappa shape index (κ2) is 8.87. The Kier molecular flexibility index (Phi) is 6.45. The predicted molar refractivity (Wildman–Crippen MR) is 109 cm³/mol. The number of H-pyrrole nitrogens is 1. The van der Waals surface area contributed by atoms with Crippen LogP contribution in [-0.2, 0) is 11.2 Å². The van der Waals surface area contributed by atoms with Gasteiger partial charge in [-0.1, -0.05) is 13.8 Å². The first-order valence-electron chi connectivity index (χ1n) is 9.82. The van der Waals surface area contributed by atoms with E-state index in [4.69, 9.17) is 14.2 Å². The van der Waals surface area contributed by atoms with Gasteiger partial charge in [-0.2, -0.15) is 0 Å².